The van der Waals surface area contributed by atoms with Gasteiger partial charge in [0.2, 0.25) is 11.6 Å². The van der Waals surface area contributed by atoms with Gasteiger partial charge in [-0.25, -0.2) is 15.0 Å². The van der Waals surface area contributed by atoms with E-state index in [9.17, 15) is 19.6 Å². The monoisotopic (exact) mass is 706 g/mol. The van der Waals surface area contributed by atoms with E-state index in [-0.39, 0.29) is 60.5 Å². The van der Waals surface area contributed by atoms with Crippen LogP contribution in [0.25, 0.3) is 11.2 Å². The molecule has 0 saturated carbocycles. The van der Waals surface area contributed by atoms with Gasteiger partial charge >= 0.3 is 6.72 Å². The third kappa shape index (κ3) is 5.63. The Labute approximate surface area is 262 Å². The Kier molecular flexibility index (Phi) is 7.93. The van der Waals surface area contributed by atoms with E-state index in [1.165, 1.54) is 28.0 Å². The first kappa shape index (κ1) is 30.7. The lowest BCUT2D eigenvalue weighted by Crippen LogP contribution is -2.36. The van der Waals surface area contributed by atoms with E-state index >= 15 is 0 Å². The molecular weight excluding hydrogens is 682 g/mol. The number of hydrogen-bond donors (Lipinski definition) is 5. The van der Waals surface area contributed by atoms with Crippen molar-refractivity contribution in [2.45, 2.75) is 55.8 Å². The van der Waals surface area contributed by atoms with E-state index in [2.05, 4.69) is 37.2 Å². The van der Waals surface area contributed by atoms with Gasteiger partial charge in [-0.3, -0.25) is 28.2 Å². The second-order valence-corrected chi connectivity index (χ2v) is 18.3. The number of nitrogens with one attached hydrogen (secondary N) is 1. The predicted molar refractivity (Wildman–Crippen MR) is 162 cm³/mol. The average molecular weight is 707 g/mol. The maximum absolute atomic E-state index is 12.3. The number of thiol groups is 1. The van der Waals surface area contributed by atoms with Crippen LogP contribution in [0.3, 0.4) is 0 Å². The van der Waals surface area contributed by atoms with Gasteiger partial charge in [0, 0.05) is 19.1 Å². The molecule has 3 fully saturated rings. The first-order valence-electron chi connectivity index (χ1n) is 13.0. The molecular formula is C21H24N8O10P2S3. The number of aromatic amines is 1. The molecule has 4 aliphatic heterocycles. The summed E-state index contributed by atoms with van der Waals surface area (Å²) in [6.45, 7) is -4.54. The van der Waals surface area contributed by atoms with Crippen molar-refractivity contribution in [1.82, 2.24) is 29.1 Å². The molecule has 0 aromatic carbocycles. The number of Topliss-reactive ketones (excluding diaryl/α,β-unsaturated/α-hetero) is 1. The first-order valence-corrected chi connectivity index (χ1v) is 19.4. The summed E-state index contributed by atoms with van der Waals surface area (Å²) in [5.41, 5.74) is 2.18. The molecule has 7 rings (SSSR count). The number of fused-ring (bicyclic) bond motifs is 5. The number of aromatic nitrogens is 6. The van der Waals surface area contributed by atoms with Crippen molar-refractivity contribution in [1.29, 1.82) is 0 Å². The summed E-state index contributed by atoms with van der Waals surface area (Å²) in [5, 5.41) is 11.3. The molecule has 7 heterocycles. The standard InChI is InChI=1S/C21H24N8O10P2S3/c22-21-26-17-13(18(32)27-21)25-7-29(17)19-10-3-8(36-19)4-34-40(33,42)39-15-11(5-35-41(43,44)38-10)37-20(14(15)31)28-6-24-12-9(30)1-2-23-16(12)28/h2,6-8,10-11,14-15,19-20,31H,1,3-5H2,(H,33,42)(H,43,44)(H3,22,26,27,32)/t8-,10+,11+,14+,15+,19+,20+,40?/m0/s1. The van der Waals surface area contributed by atoms with Crippen LogP contribution in [0.15, 0.2) is 22.4 Å². The van der Waals surface area contributed by atoms with Gasteiger partial charge in [0.1, 0.15) is 24.4 Å². The minimum absolute atomic E-state index is 0.0308. The van der Waals surface area contributed by atoms with Crippen molar-refractivity contribution in [3.05, 3.63) is 28.7 Å². The van der Waals surface area contributed by atoms with Crippen molar-refractivity contribution < 1.29 is 42.4 Å². The summed E-state index contributed by atoms with van der Waals surface area (Å²) in [5.74, 6) is -0.156. The molecule has 2 unspecified atom stereocenters. The molecule has 2 bridgehead atoms. The number of carbonyl (C=O) groups is 1. The summed E-state index contributed by atoms with van der Waals surface area (Å²) >= 11 is 15.4. The summed E-state index contributed by atoms with van der Waals surface area (Å²) in [6, 6.07) is 0. The molecule has 5 N–H and O–H groups in total. The zero-order chi connectivity index (χ0) is 31.0. The highest BCUT2D eigenvalue weighted by molar-refractivity contribution is 8.60. The predicted octanol–water partition coefficient (Wildman–Crippen LogP) is 0.621. The van der Waals surface area contributed by atoms with Crippen molar-refractivity contribution in [2.24, 2.45) is 4.99 Å². The second-order valence-electron chi connectivity index (χ2n) is 10.2. The summed E-state index contributed by atoms with van der Waals surface area (Å²) in [4.78, 5) is 54.7. The molecule has 3 aromatic rings. The van der Waals surface area contributed by atoms with E-state index in [0.717, 1.165) is 0 Å². The van der Waals surface area contributed by atoms with Crippen LogP contribution in [0.4, 0.5) is 11.8 Å². The number of rotatable bonds is 2. The third-order valence-electron chi connectivity index (χ3n) is 7.32. The normalized spacial score (nSPS) is 37.7. The van der Waals surface area contributed by atoms with Crippen molar-refractivity contribution >= 4 is 83.2 Å². The summed E-state index contributed by atoms with van der Waals surface area (Å²) in [7, 11) is 0. The van der Waals surface area contributed by atoms with Crippen LogP contribution in [0.5, 0.6) is 0 Å². The van der Waals surface area contributed by atoms with Crippen LogP contribution >= 0.6 is 24.7 Å². The zero-order valence-corrected chi connectivity index (χ0v) is 26.5. The molecule has 236 valence electrons. The number of aliphatic imine (C=N–C) groups is 1. The minimum Gasteiger partial charge on any atom is -0.386 e. The smallest absolute Gasteiger partial charge is 0.325 e. The molecule has 0 radical (unpaired) electrons. The van der Waals surface area contributed by atoms with Crippen molar-refractivity contribution in [3.63, 3.8) is 0 Å². The molecule has 0 aliphatic carbocycles. The van der Waals surface area contributed by atoms with Gasteiger partial charge in [-0.1, -0.05) is 12.2 Å². The highest BCUT2D eigenvalue weighted by Crippen LogP contribution is 2.58. The van der Waals surface area contributed by atoms with Crippen LogP contribution in [0.2, 0.25) is 0 Å². The third-order valence-corrected chi connectivity index (χ3v) is 11.1. The van der Waals surface area contributed by atoms with Gasteiger partial charge in [0.25, 0.3) is 5.56 Å². The highest BCUT2D eigenvalue weighted by Gasteiger charge is 2.50. The lowest BCUT2D eigenvalue weighted by atomic mass is 10.1. The lowest BCUT2D eigenvalue weighted by Gasteiger charge is -2.28. The van der Waals surface area contributed by atoms with Crippen molar-refractivity contribution in [2.75, 3.05) is 18.9 Å². The van der Waals surface area contributed by atoms with Crippen LogP contribution < -0.4 is 11.3 Å². The zero-order valence-electron chi connectivity index (χ0n) is 22.2. The Hall–Kier alpha value is -1.97. The summed E-state index contributed by atoms with van der Waals surface area (Å²) in [6.07, 6.45) is -2.88. The fourth-order valence-corrected chi connectivity index (χ4v) is 8.88. The van der Waals surface area contributed by atoms with Gasteiger partial charge in [-0.2, -0.15) is 4.98 Å². The topological polar surface area (TPSA) is 233 Å². The Morgan fingerprint density at radius 3 is 2.68 bits per heavy atom. The Balaban J connectivity index is 1.18. The number of aliphatic hydroxyl groups is 1. The van der Waals surface area contributed by atoms with Crippen LogP contribution in [0.1, 0.15) is 35.8 Å². The number of ether oxygens (including phenoxy) is 2. The van der Waals surface area contributed by atoms with E-state index in [1.54, 1.807) is 0 Å². The number of aliphatic hydroxyl groups excluding tert-OH is 1. The number of H-pyrrole nitrogens is 1. The second kappa shape index (κ2) is 11.4. The highest BCUT2D eigenvalue weighted by atomic mass is 32.9. The number of ketones is 1. The van der Waals surface area contributed by atoms with Gasteiger partial charge in [-0.15, -0.1) is 0 Å². The lowest BCUT2D eigenvalue weighted by molar-refractivity contribution is -0.0561. The number of anilines is 1. The SMILES string of the molecule is Nc1nc2c(ncn2[C@@H]2O[C@@H]3COP(O)(=S)O[C@H]4[C@@H](O)[C@H](n5cnc6c5N=CCC6=O)O[C@@H]4COP(=S)(S)O[C@@H]2C3)c(=O)[nH]1. The van der Waals surface area contributed by atoms with Crippen molar-refractivity contribution in [3.8, 4) is 0 Å². The molecule has 4 aliphatic rings. The number of nitrogens with two attached hydrogens (primary N) is 1. The maximum Gasteiger partial charge on any atom is 0.325 e. The first-order chi connectivity index (χ1) is 20.9. The van der Waals surface area contributed by atoms with Crippen LogP contribution in [0, 0.1) is 0 Å². The molecule has 3 aromatic heterocycles. The average Bonchev–Trinajstić information content (AvgIpc) is 3.72. The Morgan fingerprint density at radius 1 is 1.07 bits per heavy atom. The number of nitrogens with zero attached hydrogens (tertiary/aromatic N) is 6. The van der Waals surface area contributed by atoms with E-state index in [4.69, 9.17) is 56.9 Å². The summed E-state index contributed by atoms with van der Waals surface area (Å²) < 4.78 is 38.7. The molecule has 3 saturated heterocycles. The molecule has 44 heavy (non-hydrogen) atoms. The Morgan fingerprint density at radius 2 is 1.86 bits per heavy atom. The molecule has 18 nitrogen and oxygen atoms in total. The quantitative estimate of drug-likeness (QED) is 0.182. The Bertz CT molecular complexity index is 1830. The molecule has 0 spiro atoms. The number of imidazole rings is 2. The number of hydrogen-bond acceptors (Lipinski definition) is 16. The fourth-order valence-electron chi connectivity index (χ4n) is 5.41. The van der Waals surface area contributed by atoms with Crippen LogP contribution in [-0.2, 0) is 51.2 Å². The fraction of sp³-hybridized carbons (Fsp3) is 0.524. The minimum atomic E-state index is -4.01. The van der Waals surface area contributed by atoms with Gasteiger partial charge in [-0.05, 0) is 23.6 Å². The van der Waals surface area contributed by atoms with Gasteiger partial charge in [0.15, 0.2) is 40.9 Å². The number of nitrogen functional groups attached to an aromatic ring is 1. The number of carbonyl (C=O) groups excluding carboxylic acids is 1. The molecule has 23 heteroatoms. The van der Waals surface area contributed by atoms with Gasteiger partial charge in [0.05, 0.1) is 32.0 Å². The maximum atomic E-state index is 12.3. The van der Waals surface area contributed by atoms with E-state index < -0.39 is 60.9 Å². The van der Waals surface area contributed by atoms with E-state index in [1.807, 2.05) is 0 Å². The van der Waals surface area contributed by atoms with E-state index in [0.29, 0.717) is 0 Å². The molecule has 9 atom stereocenters. The molecule has 0 amide bonds. The van der Waals surface area contributed by atoms with Gasteiger partial charge < -0.3 is 38.8 Å². The van der Waals surface area contributed by atoms with Crippen LogP contribution in [-0.4, -0.2) is 94.8 Å². The largest absolute Gasteiger partial charge is 0.386 e.